The van der Waals surface area contributed by atoms with Crippen molar-refractivity contribution in [2.45, 2.75) is 51.7 Å². The first-order valence-electron chi connectivity index (χ1n) is 7.03. The summed E-state index contributed by atoms with van der Waals surface area (Å²) in [6.45, 7) is 4.14. The zero-order valence-corrected chi connectivity index (χ0v) is 13.1. The lowest BCUT2D eigenvalue weighted by Crippen LogP contribution is -2.20. The van der Waals surface area contributed by atoms with Crippen LogP contribution in [-0.2, 0) is 6.18 Å². The SMILES string of the molecule is CCCCCC(C)Nc1ccc(C(F)(F)F)c(C(N)=S)c1. The molecule has 2 nitrogen and oxygen atoms in total. The van der Waals surface area contributed by atoms with E-state index in [2.05, 4.69) is 12.2 Å². The van der Waals surface area contributed by atoms with Gasteiger partial charge in [-0.05, 0) is 31.5 Å². The van der Waals surface area contributed by atoms with E-state index in [1.807, 2.05) is 6.92 Å². The van der Waals surface area contributed by atoms with E-state index in [1.54, 1.807) is 0 Å². The summed E-state index contributed by atoms with van der Waals surface area (Å²) >= 11 is 4.73. The van der Waals surface area contributed by atoms with Crippen molar-refractivity contribution in [1.29, 1.82) is 0 Å². The minimum absolute atomic E-state index is 0.136. The van der Waals surface area contributed by atoms with Crippen molar-refractivity contribution in [1.82, 2.24) is 0 Å². The van der Waals surface area contributed by atoms with Gasteiger partial charge in [0.15, 0.2) is 0 Å². The Balaban J connectivity index is 2.86. The summed E-state index contributed by atoms with van der Waals surface area (Å²) in [6.07, 6.45) is -0.107. The van der Waals surface area contributed by atoms with Gasteiger partial charge in [-0.15, -0.1) is 0 Å². The molecule has 1 rings (SSSR count). The zero-order chi connectivity index (χ0) is 16.0. The minimum Gasteiger partial charge on any atom is -0.389 e. The number of unbranched alkanes of at least 4 members (excludes halogenated alkanes) is 2. The van der Waals surface area contributed by atoms with Crippen LogP contribution in [0.3, 0.4) is 0 Å². The number of hydrogen-bond acceptors (Lipinski definition) is 2. The Hall–Kier alpha value is -1.30. The monoisotopic (exact) mass is 318 g/mol. The van der Waals surface area contributed by atoms with Gasteiger partial charge in [0.05, 0.1) is 5.56 Å². The summed E-state index contributed by atoms with van der Waals surface area (Å²) < 4.78 is 38.6. The molecule has 0 aromatic heterocycles. The van der Waals surface area contributed by atoms with E-state index in [4.69, 9.17) is 18.0 Å². The van der Waals surface area contributed by atoms with Crippen molar-refractivity contribution >= 4 is 22.9 Å². The number of thiocarbonyl (C=S) groups is 1. The van der Waals surface area contributed by atoms with Gasteiger partial charge < -0.3 is 11.1 Å². The van der Waals surface area contributed by atoms with E-state index < -0.39 is 11.7 Å². The lowest BCUT2D eigenvalue weighted by Gasteiger charge is -2.18. The van der Waals surface area contributed by atoms with E-state index >= 15 is 0 Å². The molecule has 0 radical (unpaired) electrons. The third-order valence-corrected chi connectivity index (χ3v) is 3.46. The molecule has 0 saturated carbocycles. The number of nitrogens with two attached hydrogens (primary N) is 1. The van der Waals surface area contributed by atoms with Crippen LogP contribution in [0.15, 0.2) is 18.2 Å². The van der Waals surface area contributed by atoms with Gasteiger partial charge in [-0.3, -0.25) is 0 Å². The highest BCUT2D eigenvalue weighted by atomic mass is 32.1. The predicted octanol–water partition coefficient (Wildman–Crippen LogP) is 4.72. The van der Waals surface area contributed by atoms with E-state index in [-0.39, 0.29) is 16.6 Å². The first-order chi connectivity index (χ1) is 9.75. The van der Waals surface area contributed by atoms with E-state index in [0.717, 1.165) is 31.7 Å². The van der Waals surface area contributed by atoms with Gasteiger partial charge in [0, 0.05) is 17.3 Å². The molecule has 0 saturated heterocycles. The normalized spacial score (nSPS) is 13.0. The molecule has 0 aliphatic carbocycles. The van der Waals surface area contributed by atoms with Crippen LogP contribution in [0.5, 0.6) is 0 Å². The quantitative estimate of drug-likeness (QED) is 0.564. The highest BCUT2D eigenvalue weighted by Gasteiger charge is 2.34. The molecule has 1 aromatic rings. The summed E-state index contributed by atoms with van der Waals surface area (Å²) in [5.41, 5.74) is 5.09. The van der Waals surface area contributed by atoms with Gasteiger partial charge in [-0.25, -0.2) is 0 Å². The number of rotatable bonds is 7. The third kappa shape index (κ3) is 5.53. The second-order valence-corrected chi connectivity index (χ2v) is 5.60. The van der Waals surface area contributed by atoms with Gasteiger partial charge in [-0.1, -0.05) is 38.4 Å². The summed E-state index contributed by atoms with van der Waals surface area (Å²) in [5.74, 6) is 0. The topological polar surface area (TPSA) is 38.0 Å². The van der Waals surface area contributed by atoms with Crippen LogP contribution in [0.4, 0.5) is 18.9 Å². The van der Waals surface area contributed by atoms with Crippen LogP contribution in [0, 0.1) is 0 Å². The van der Waals surface area contributed by atoms with Crippen molar-refractivity contribution in [3.05, 3.63) is 29.3 Å². The Bertz CT molecular complexity index is 486. The maximum atomic E-state index is 12.9. The Labute approximate surface area is 128 Å². The van der Waals surface area contributed by atoms with Crippen molar-refractivity contribution in [3.63, 3.8) is 0 Å². The smallest absolute Gasteiger partial charge is 0.389 e. The molecule has 21 heavy (non-hydrogen) atoms. The maximum absolute atomic E-state index is 12.9. The second kappa shape index (κ2) is 7.64. The van der Waals surface area contributed by atoms with Crippen LogP contribution >= 0.6 is 12.2 Å². The molecule has 1 atom stereocenters. The van der Waals surface area contributed by atoms with Crippen LogP contribution < -0.4 is 11.1 Å². The molecule has 3 N–H and O–H groups in total. The van der Waals surface area contributed by atoms with Crippen molar-refractivity contribution < 1.29 is 13.2 Å². The predicted molar refractivity (Wildman–Crippen MR) is 84.6 cm³/mol. The molecule has 0 amide bonds. The van der Waals surface area contributed by atoms with Gasteiger partial charge in [-0.2, -0.15) is 13.2 Å². The summed E-state index contributed by atoms with van der Waals surface area (Å²) in [5, 5.41) is 3.19. The molecule has 0 bridgehead atoms. The fourth-order valence-corrected chi connectivity index (χ4v) is 2.31. The fourth-order valence-electron chi connectivity index (χ4n) is 2.14. The molecule has 1 aromatic carbocycles. The number of benzene rings is 1. The molecular formula is C15H21F3N2S. The largest absolute Gasteiger partial charge is 0.417 e. The van der Waals surface area contributed by atoms with Crippen LogP contribution in [0.1, 0.15) is 50.7 Å². The first-order valence-corrected chi connectivity index (χ1v) is 7.44. The first kappa shape index (κ1) is 17.8. The van der Waals surface area contributed by atoms with Crippen LogP contribution in [0.25, 0.3) is 0 Å². The summed E-state index contributed by atoms with van der Waals surface area (Å²) in [6, 6.07) is 4.00. The molecule has 0 spiro atoms. The Morgan fingerprint density at radius 1 is 1.33 bits per heavy atom. The average Bonchev–Trinajstić information content (AvgIpc) is 2.37. The molecule has 1 unspecified atom stereocenters. The Morgan fingerprint density at radius 3 is 2.52 bits per heavy atom. The molecule has 0 aliphatic heterocycles. The van der Waals surface area contributed by atoms with Crippen molar-refractivity contribution in [2.75, 3.05) is 5.32 Å². The zero-order valence-electron chi connectivity index (χ0n) is 12.3. The number of alkyl halides is 3. The maximum Gasteiger partial charge on any atom is 0.417 e. The molecule has 0 heterocycles. The van der Waals surface area contributed by atoms with E-state index in [1.165, 1.54) is 12.1 Å². The molecule has 0 fully saturated rings. The second-order valence-electron chi connectivity index (χ2n) is 5.16. The minimum atomic E-state index is -4.45. The van der Waals surface area contributed by atoms with Gasteiger partial charge in [0.25, 0.3) is 0 Å². The molecule has 118 valence electrons. The summed E-state index contributed by atoms with van der Waals surface area (Å²) in [7, 11) is 0. The van der Waals surface area contributed by atoms with Gasteiger partial charge in [0.1, 0.15) is 4.99 Å². The van der Waals surface area contributed by atoms with E-state index in [9.17, 15) is 13.2 Å². The lowest BCUT2D eigenvalue weighted by molar-refractivity contribution is -0.137. The molecule has 6 heteroatoms. The lowest BCUT2D eigenvalue weighted by atomic mass is 10.0. The van der Waals surface area contributed by atoms with Gasteiger partial charge in [0.2, 0.25) is 0 Å². The van der Waals surface area contributed by atoms with Crippen molar-refractivity contribution in [2.24, 2.45) is 5.73 Å². The molecule has 0 aliphatic rings. The number of halogens is 3. The number of nitrogens with one attached hydrogen (secondary N) is 1. The average molecular weight is 318 g/mol. The standard InChI is InChI=1S/C15H21F3N2S/c1-3-4-5-6-10(2)20-11-7-8-13(15(16,17)18)12(9-11)14(19)21/h7-10,20H,3-6H2,1-2H3,(H2,19,21). The van der Waals surface area contributed by atoms with Crippen molar-refractivity contribution in [3.8, 4) is 0 Å². The Kier molecular flexibility index (Phi) is 6.45. The fraction of sp³-hybridized carbons (Fsp3) is 0.533. The summed E-state index contributed by atoms with van der Waals surface area (Å²) in [4.78, 5) is -0.246. The van der Waals surface area contributed by atoms with Crippen LogP contribution in [-0.4, -0.2) is 11.0 Å². The molecular weight excluding hydrogens is 297 g/mol. The highest BCUT2D eigenvalue weighted by Crippen LogP contribution is 2.33. The third-order valence-electron chi connectivity index (χ3n) is 3.24. The Morgan fingerprint density at radius 2 is 2.00 bits per heavy atom. The number of anilines is 1. The van der Waals surface area contributed by atoms with Crippen LogP contribution in [0.2, 0.25) is 0 Å². The van der Waals surface area contributed by atoms with E-state index in [0.29, 0.717) is 5.69 Å². The highest BCUT2D eigenvalue weighted by molar-refractivity contribution is 7.80. The van der Waals surface area contributed by atoms with Gasteiger partial charge >= 0.3 is 6.18 Å². The number of hydrogen-bond donors (Lipinski definition) is 2.